The number of hydrogen-bond acceptors (Lipinski definition) is 7. The van der Waals surface area contributed by atoms with Gasteiger partial charge in [-0.05, 0) is 116 Å². The molecule has 0 unspecified atom stereocenters. The van der Waals surface area contributed by atoms with Crippen molar-refractivity contribution in [3.63, 3.8) is 0 Å². The van der Waals surface area contributed by atoms with E-state index < -0.39 is 23.3 Å². The Kier molecular flexibility index (Phi) is 6.19. The molecule has 6 aliphatic rings. The molecule has 7 rings (SSSR count). The second-order valence-electron chi connectivity index (χ2n) is 16.5. The molecular weight excluding hydrogens is 554 g/mol. The van der Waals surface area contributed by atoms with Gasteiger partial charge in [-0.2, -0.15) is 0 Å². The van der Waals surface area contributed by atoms with Gasteiger partial charge in [0.05, 0.1) is 11.1 Å². The Bertz CT molecular complexity index is 1500. The van der Waals surface area contributed by atoms with Crippen molar-refractivity contribution >= 4 is 23.6 Å². The molecule has 9 atom stereocenters. The summed E-state index contributed by atoms with van der Waals surface area (Å²) in [6.45, 7) is 11.5. The third kappa shape index (κ3) is 3.70. The molecule has 8 heteroatoms. The molecule has 0 aromatic heterocycles. The minimum absolute atomic E-state index is 0.0897. The van der Waals surface area contributed by atoms with E-state index in [1.54, 1.807) is 24.3 Å². The molecule has 1 aliphatic heterocycles. The fraction of sp³-hybridized carbons (Fsp3) is 0.667. The highest BCUT2D eigenvalue weighted by Gasteiger charge is 2.69. The van der Waals surface area contributed by atoms with E-state index in [0.717, 1.165) is 50.5 Å². The molecule has 236 valence electrons. The number of nitrogens with zero attached hydrogens (tertiary/aromatic N) is 1. The summed E-state index contributed by atoms with van der Waals surface area (Å²) in [6, 6.07) is 6.43. The number of imide groups is 1. The molecule has 4 fully saturated rings. The number of ketones is 1. The lowest BCUT2D eigenvalue weighted by Gasteiger charge is -2.70. The maximum atomic E-state index is 14.5. The van der Waals surface area contributed by atoms with Gasteiger partial charge >= 0.3 is 5.97 Å². The molecule has 0 saturated heterocycles. The minimum atomic E-state index is -1.40. The van der Waals surface area contributed by atoms with Crippen molar-refractivity contribution in [3.8, 4) is 0 Å². The van der Waals surface area contributed by atoms with E-state index in [9.17, 15) is 19.2 Å². The van der Waals surface area contributed by atoms with Gasteiger partial charge in [0.1, 0.15) is 5.54 Å². The Morgan fingerprint density at radius 1 is 0.864 bits per heavy atom. The van der Waals surface area contributed by atoms with Crippen molar-refractivity contribution < 1.29 is 24.0 Å². The van der Waals surface area contributed by atoms with Crippen LogP contribution in [0.25, 0.3) is 0 Å². The Hall–Kier alpha value is -2.84. The van der Waals surface area contributed by atoms with E-state index in [4.69, 9.17) is 16.3 Å². The van der Waals surface area contributed by atoms with E-state index in [-0.39, 0.29) is 55.9 Å². The molecule has 1 heterocycles. The Labute approximate surface area is 260 Å². The van der Waals surface area contributed by atoms with Gasteiger partial charge in [-0.3, -0.25) is 14.4 Å². The fourth-order valence-electron chi connectivity index (χ4n) is 11.5. The highest BCUT2D eigenvalue weighted by Crippen LogP contribution is 2.74. The molecule has 1 aromatic rings. The van der Waals surface area contributed by atoms with Crippen LogP contribution in [0.5, 0.6) is 0 Å². The van der Waals surface area contributed by atoms with Crippen molar-refractivity contribution in [2.75, 3.05) is 0 Å². The van der Waals surface area contributed by atoms with Crippen LogP contribution in [0, 0.1) is 39.4 Å². The molecule has 44 heavy (non-hydrogen) atoms. The predicted molar refractivity (Wildman–Crippen MR) is 165 cm³/mol. The van der Waals surface area contributed by atoms with Crippen LogP contribution in [-0.4, -0.2) is 39.7 Å². The second-order valence-corrected chi connectivity index (χ2v) is 16.5. The minimum Gasteiger partial charge on any atom is -0.328 e. The third-order valence-electron chi connectivity index (χ3n) is 14.2. The lowest BCUT2D eigenvalue weighted by atomic mass is 9.34. The van der Waals surface area contributed by atoms with Crippen molar-refractivity contribution in [2.24, 2.45) is 50.9 Å². The number of fused-ring (bicyclic) bond motifs is 8. The van der Waals surface area contributed by atoms with Crippen molar-refractivity contribution in [1.82, 2.24) is 5.06 Å². The summed E-state index contributed by atoms with van der Waals surface area (Å²) in [5, 5.41) is 0.559. The van der Waals surface area contributed by atoms with Crippen molar-refractivity contribution in [1.29, 1.82) is 0 Å². The van der Waals surface area contributed by atoms with Gasteiger partial charge < -0.3 is 16.3 Å². The van der Waals surface area contributed by atoms with Gasteiger partial charge in [-0.1, -0.05) is 56.9 Å². The third-order valence-corrected chi connectivity index (χ3v) is 14.2. The molecule has 0 spiro atoms. The largest absolute Gasteiger partial charge is 0.352 e. The number of carbonyl (C=O) groups is 4. The monoisotopic (exact) mass is 601 g/mol. The maximum Gasteiger partial charge on any atom is 0.352 e. The predicted octanol–water partition coefficient (Wildman–Crippen LogP) is 5.49. The summed E-state index contributed by atoms with van der Waals surface area (Å²) >= 11 is 0. The fourth-order valence-corrected chi connectivity index (χ4v) is 11.5. The van der Waals surface area contributed by atoms with E-state index in [0.29, 0.717) is 30.2 Å². The van der Waals surface area contributed by atoms with Crippen LogP contribution in [-0.2, 0) is 14.4 Å². The van der Waals surface area contributed by atoms with Crippen LogP contribution < -0.4 is 11.5 Å². The van der Waals surface area contributed by atoms with E-state index in [1.165, 1.54) is 0 Å². The first-order valence-electron chi connectivity index (χ1n) is 16.5. The standard InChI is InChI=1S/C36H47N3O5/c1-31-15-17-33(3)23(19-25(40)27-32(2)12-8-13-35(5,37)26(32)11-14-34(27,33)4)24(31)20-36(38,18-16-31)30(43)44-39-28(41)21-9-6-7-10-22(21)29(39)42/h6-7,9-10,19,24,26-27H,8,11-18,20,37-38H2,1-5H3/t24-,26+,27+,31-,32-,33+,34+,35+,36+/m0/s1. The molecule has 4 saturated carbocycles. The van der Waals surface area contributed by atoms with E-state index >= 15 is 0 Å². The van der Waals surface area contributed by atoms with Gasteiger partial charge in [-0.15, -0.1) is 0 Å². The zero-order valence-corrected chi connectivity index (χ0v) is 26.8. The number of nitrogens with two attached hydrogens (primary N) is 2. The highest BCUT2D eigenvalue weighted by molar-refractivity contribution is 6.21. The first-order chi connectivity index (χ1) is 20.5. The molecular formula is C36H47N3O5. The number of allylic oxidation sites excluding steroid dienone is 2. The van der Waals surface area contributed by atoms with Gasteiger partial charge in [0.25, 0.3) is 11.8 Å². The first kappa shape index (κ1) is 29.8. The lowest BCUT2D eigenvalue weighted by molar-refractivity contribution is -0.183. The second kappa shape index (κ2) is 9.12. The van der Waals surface area contributed by atoms with Crippen LogP contribution in [0.4, 0.5) is 0 Å². The molecule has 1 aromatic carbocycles. The summed E-state index contributed by atoms with van der Waals surface area (Å²) in [4.78, 5) is 59.6. The maximum absolute atomic E-state index is 14.5. The van der Waals surface area contributed by atoms with Gasteiger partial charge in [0.15, 0.2) is 5.78 Å². The number of rotatable bonds is 2. The van der Waals surface area contributed by atoms with Gasteiger partial charge in [-0.25, -0.2) is 4.79 Å². The van der Waals surface area contributed by atoms with E-state index in [2.05, 4.69) is 34.6 Å². The summed E-state index contributed by atoms with van der Waals surface area (Å²) < 4.78 is 0. The quantitative estimate of drug-likeness (QED) is 0.428. The molecule has 4 N–H and O–H groups in total. The average molecular weight is 602 g/mol. The molecule has 0 bridgehead atoms. The Balaban J connectivity index is 1.21. The summed E-state index contributed by atoms with van der Waals surface area (Å²) in [5.41, 5.74) is 13.0. The van der Waals surface area contributed by atoms with Gasteiger partial charge in [0, 0.05) is 11.5 Å². The number of hydrogen-bond donors (Lipinski definition) is 2. The summed E-state index contributed by atoms with van der Waals surface area (Å²) in [5.74, 6) is -1.77. The zero-order chi connectivity index (χ0) is 31.7. The molecule has 2 amide bonds. The van der Waals surface area contributed by atoms with E-state index in [1.807, 2.05) is 6.08 Å². The highest BCUT2D eigenvalue weighted by atomic mass is 16.7. The molecule has 5 aliphatic carbocycles. The average Bonchev–Trinajstić information content (AvgIpc) is 3.19. The molecule has 8 nitrogen and oxygen atoms in total. The Morgan fingerprint density at radius 2 is 1.50 bits per heavy atom. The lowest BCUT2D eigenvalue weighted by Crippen LogP contribution is -2.68. The normalized spacial score (nSPS) is 46.2. The SMILES string of the molecule is C[C@]12CC[C@](N)(C(=O)ON3C(=O)c4ccccc4C3=O)C[C@H]1C1=CC(=O)[C@@H]3[C@@]4(C)CCC[C@@](C)(N)[C@@H]4CC[C@@]3(C)[C@]1(C)CC2. The van der Waals surface area contributed by atoms with Crippen LogP contribution in [0.3, 0.4) is 0 Å². The van der Waals surface area contributed by atoms with Crippen LogP contribution in [0.2, 0.25) is 0 Å². The number of carbonyl (C=O) groups excluding carboxylic acids is 4. The zero-order valence-electron chi connectivity index (χ0n) is 26.8. The molecule has 0 radical (unpaired) electrons. The summed E-state index contributed by atoms with van der Waals surface area (Å²) in [6.07, 6.45) is 10.3. The smallest absolute Gasteiger partial charge is 0.328 e. The van der Waals surface area contributed by atoms with Crippen molar-refractivity contribution in [2.45, 2.75) is 110 Å². The Morgan fingerprint density at radius 3 is 2.16 bits per heavy atom. The van der Waals surface area contributed by atoms with Crippen LogP contribution >= 0.6 is 0 Å². The first-order valence-corrected chi connectivity index (χ1v) is 16.5. The van der Waals surface area contributed by atoms with Crippen molar-refractivity contribution in [3.05, 3.63) is 47.0 Å². The number of amides is 2. The summed E-state index contributed by atoms with van der Waals surface area (Å²) in [7, 11) is 0. The van der Waals surface area contributed by atoms with Crippen LogP contribution in [0.1, 0.15) is 120 Å². The van der Waals surface area contributed by atoms with Crippen LogP contribution in [0.15, 0.2) is 35.9 Å². The number of benzene rings is 1. The van der Waals surface area contributed by atoms with Gasteiger partial charge in [0.2, 0.25) is 0 Å². The topological polar surface area (TPSA) is 133 Å². The number of hydroxylamine groups is 2.